The van der Waals surface area contributed by atoms with Gasteiger partial charge >= 0.3 is 6.03 Å². The van der Waals surface area contributed by atoms with Gasteiger partial charge in [0.25, 0.3) is 11.8 Å². The number of nitrogens with zero attached hydrogens (tertiary/aromatic N) is 1. The van der Waals surface area contributed by atoms with E-state index in [0.717, 1.165) is 5.56 Å². The number of hydrogen-bond donors (Lipinski definition) is 2. The fourth-order valence-electron chi connectivity index (χ4n) is 2.46. The molecule has 0 radical (unpaired) electrons. The summed E-state index contributed by atoms with van der Waals surface area (Å²) in [6.07, 6.45) is 0.333. The second-order valence-corrected chi connectivity index (χ2v) is 6.27. The SMILES string of the molecule is O=C(NN1C(=O)NC(Cc2ccccc2)C1=O)c1ccc(Cl)cc1Cl. The van der Waals surface area contributed by atoms with Gasteiger partial charge in [-0.15, -0.1) is 0 Å². The molecule has 1 heterocycles. The molecule has 1 aliphatic rings. The van der Waals surface area contributed by atoms with Crippen LogP contribution >= 0.6 is 23.2 Å². The Kier molecular flexibility index (Phi) is 4.92. The van der Waals surface area contributed by atoms with Crippen LogP contribution in [0.15, 0.2) is 48.5 Å². The highest BCUT2D eigenvalue weighted by Gasteiger charge is 2.39. The maximum absolute atomic E-state index is 12.4. The zero-order chi connectivity index (χ0) is 18.0. The maximum Gasteiger partial charge on any atom is 0.344 e. The second kappa shape index (κ2) is 7.13. The van der Waals surface area contributed by atoms with E-state index in [-0.39, 0.29) is 10.6 Å². The highest BCUT2D eigenvalue weighted by atomic mass is 35.5. The predicted molar refractivity (Wildman–Crippen MR) is 93.2 cm³/mol. The molecule has 1 atom stereocenters. The molecule has 1 aliphatic heterocycles. The van der Waals surface area contributed by atoms with Gasteiger partial charge in [0, 0.05) is 11.4 Å². The highest BCUT2D eigenvalue weighted by molar-refractivity contribution is 6.36. The molecule has 0 aromatic heterocycles. The number of nitrogens with one attached hydrogen (secondary N) is 2. The maximum atomic E-state index is 12.4. The number of hydrogen-bond acceptors (Lipinski definition) is 3. The molecule has 2 aromatic carbocycles. The zero-order valence-electron chi connectivity index (χ0n) is 12.8. The smallest absolute Gasteiger partial charge is 0.324 e. The quantitative estimate of drug-likeness (QED) is 0.804. The van der Waals surface area contributed by atoms with E-state index in [1.807, 2.05) is 30.3 Å². The summed E-state index contributed by atoms with van der Waals surface area (Å²) in [4.78, 5) is 36.7. The molecule has 2 N–H and O–H groups in total. The number of benzene rings is 2. The van der Waals surface area contributed by atoms with Crippen molar-refractivity contribution in [1.29, 1.82) is 0 Å². The summed E-state index contributed by atoms with van der Waals surface area (Å²) < 4.78 is 0. The summed E-state index contributed by atoms with van der Waals surface area (Å²) >= 11 is 11.8. The number of carbonyl (C=O) groups is 3. The van der Waals surface area contributed by atoms with E-state index in [4.69, 9.17) is 23.2 Å². The number of imide groups is 1. The van der Waals surface area contributed by atoms with Crippen LogP contribution in [0.2, 0.25) is 10.0 Å². The standard InChI is InChI=1S/C17H13Cl2N3O3/c18-11-6-7-12(13(19)9-11)15(23)21-22-16(24)14(20-17(22)25)8-10-4-2-1-3-5-10/h1-7,9,14H,8H2,(H,20,25)(H,21,23). The van der Waals surface area contributed by atoms with Gasteiger partial charge in [-0.3, -0.25) is 15.0 Å². The van der Waals surface area contributed by atoms with Crippen molar-refractivity contribution in [1.82, 2.24) is 15.8 Å². The molecule has 1 fully saturated rings. The fourth-order valence-corrected chi connectivity index (χ4v) is 2.95. The number of urea groups is 1. The molecule has 6 nitrogen and oxygen atoms in total. The predicted octanol–water partition coefficient (Wildman–Crippen LogP) is 2.80. The van der Waals surface area contributed by atoms with Gasteiger partial charge in [0.15, 0.2) is 0 Å². The molecule has 8 heteroatoms. The number of rotatable bonds is 4. The molecule has 0 bridgehead atoms. The van der Waals surface area contributed by atoms with Gasteiger partial charge in [-0.1, -0.05) is 53.5 Å². The number of hydrazine groups is 1. The molecule has 1 saturated heterocycles. The molecule has 4 amide bonds. The van der Waals surface area contributed by atoms with Crippen LogP contribution in [0.3, 0.4) is 0 Å². The number of carbonyl (C=O) groups excluding carboxylic acids is 3. The third kappa shape index (κ3) is 3.75. The van der Waals surface area contributed by atoms with Crippen LogP contribution in [0.5, 0.6) is 0 Å². The number of amides is 4. The van der Waals surface area contributed by atoms with Crippen LogP contribution in [0, 0.1) is 0 Å². The van der Waals surface area contributed by atoms with Crippen molar-refractivity contribution in [2.45, 2.75) is 12.5 Å². The molecular weight excluding hydrogens is 365 g/mol. The third-order valence-electron chi connectivity index (χ3n) is 3.69. The fraction of sp³-hybridized carbons (Fsp3) is 0.118. The lowest BCUT2D eigenvalue weighted by molar-refractivity contribution is -0.129. The Morgan fingerprint density at radius 1 is 1.12 bits per heavy atom. The Labute approximate surface area is 153 Å². The summed E-state index contributed by atoms with van der Waals surface area (Å²) in [5.74, 6) is -1.21. The summed E-state index contributed by atoms with van der Waals surface area (Å²) in [5.41, 5.74) is 3.28. The van der Waals surface area contributed by atoms with Crippen LogP contribution in [-0.2, 0) is 11.2 Å². The summed E-state index contributed by atoms with van der Waals surface area (Å²) in [6, 6.07) is 12.1. The van der Waals surface area contributed by atoms with E-state index in [2.05, 4.69) is 10.7 Å². The van der Waals surface area contributed by atoms with Crippen molar-refractivity contribution in [2.75, 3.05) is 0 Å². The van der Waals surface area contributed by atoms with Crippen LogP contribution in [0.1, 0.15) is 15.9 Å². The first kappa shape index (κ1) is 17.3. The molecule has 25 heavy (non-hydrogen) atoms. The monoisotopic (exact) mass is 377 g/mol. The number of halogens is 2. The minimum Gasteiger partial charge on any atom is -0.324 e. The van der Waals surface area contributed by atoms with Crippen molar-refractivity contribution in [3.8, 4) is 0 Å². The first-order valence-corrected chi connectivity index (χ1v) is 8.15. The van der Waals surface area contributed by atoms with Crippen molar-refractivity contribution >= 4 is 41.0 Å². The molecule has 0 saturated carbocycles. The van der Waals surface area contributed by atoms with Gasteiger partial charge < -0.3 is 5.32 Å². The zero-order valence-corrected chi connectivity index (χ0v) is 14.3. The second-order valence-electron chi connectivity index (χ2n) is 5.43. The Balaban J connectivity index is 1.71. The van der Waals surface area contributed by atoms with Crippen LogP contribution in [0.4, 0.5) is 4.79 Å². The molecule has 1 unspecified atom stereocenters. The summed E-state index contributed by atoms with van der Waals surface area (Å²) in [6.45, 7) is 0. The molecule has 0 spiro atoms. The van der Waals surface area contributed by atoms with Crippen molar-refractivity contribution in [2.24, 2.45) is 0 Å². The van der Waals surface area contributed by atoms with Crippen LogP contribution < -0.4 is 10.7 Å². The summed E-state index contributed by atoms with van der Waals surface area (Å²) in [5, 5.41) is 3.72. The van der Waals surface area contributed by atoms with Crippen LogP contribution in [0.25, 0.3) is 0 Å². The van der Waals surface area contributed by atoms with E-state index in [0.29, 0.717) is 16.5 Å². The van der Waals surface area contributed by atoms with E-state index >= 15 is 0 Å². The van der Waals surface area contributed by atoms with Crippen molar-refractivity contribution in [3.63, 3.8) is 0 Å². The Morgan fingerprint density at radius 2 is 1.84 bits per heavy atom. The van der Waals surface area contributed by atoms with Crippen LogP contribution in [-0.4, -0.2) is 28.9 Å². The third-order valence-corrected chi connectivity index (χ3v) is 4.24. The lowest BCUT2D eigenvalue weighted by Crippen LogP contribution is -2.47. The molecule has 0 aliphatic carbocycles. The molecular formula is C17H13Cl2N3O3. The van der Waals surface area contributed by atoms with E-state index in [1.165, 1.54) is 18.2 Å². The lowest BCUT2D eigenvalue weighted by Gasteiger charge is -2.15. The summed E-state index contributed by atoms with van der Waals surface area (Å²) in [7, 11) is 0. The average molecular weight is 378 g/mol. The van der Waals surface area contributed by atoms with E-state index in [1.54, 1.807) is 0 Å². The largest absolute Gasteiger partial charge is 0.344 e. The van der Waals surface area contributed by atoms with Gasteiger partial charge in [-0.05, 0) is 23.8 Å². The first-order valence-electron chi connectivity index (χ1n) is 7.40. The van der Waals surface area contributed by atoms with E-state index < -0.39 is 23.9 Å². The Morgan fingerprint density at radius 3 is 2.52 bits per heavy atom. The van der Waals surface area contributed by atoms with Gasteiger partial charge in [0.2, 0.25) is 0 Å². The van der Waals surface area contributed by atoms with Gasteiger partial charge in [-0.2, -0.15) is 5.01 Å². The van der Waals surface area contributed by atoms with Crippen molar-refractivity contribution in [3.05, 3.63) is 69.7 Å². The highest BCUT2D eigenvalue weighted by Crippen LogP contribution is 2.21. The molecule has 2 aromatic rings. The molecule has 3 rings (SSSR count). The molecule has 128 valence electrons. The Hall–Kier alpha value is -2.57. The normalized spacial score (nSPS) is 16.7. The van der Waals surface area contributed by atoms with Gasteiger partial charge in [-0.25, -0.2) is 4.79 Å². The van der Waals surface area contributed by atoms with Crippen molar-refractivity contribution < 1.29 is 14.4 Å². The average Bonchev–Trinajstić information content (AvgIpc) is 2.83. The topological polar surface area (TPSA) is 78.5 Å². The van der Waals surface area contributed by atoms with E-state index in [9.17, 15) is 14.4 Å². The first-order chi connectivity index (χ1) is 12.0. The Bertz CT molecular complexity index is 842. The minimum absolute atomic E-state index is 0.109. The van der Waals surface area contributed by atoms with Gasteiger partial charge in [0.1, 0.15) is 6.04 Å². The minimum atomic E-state index is -0.740. The van der Waals surface area contributed by atoms with Gasteiger partial charge in [0.05, 0.1) is 10.6 Å². The lowest BCUT2D eigenvalue weighted by atomic mass is 10.1.